The van der Waals surface area contributed by atoms with Crippen molar-refractivity contribution >= 4 is 45.5 Å². The minimum atomic E-state index is -0.951. The van der Waals surface area contributed by atoms with Crippen LogP contribution in [-0.2, 0) is 23.2 Å². The summed E-state index contributed by atoms with van der Waals surface area (Å²) in [6, 6.07) is 13.8. The summed E-state index contributed by atoms with van der Waals surface area (Å²) >= 11 is 0. The van der Waals surface area contributed by atoms with E-state index in [1.54, 1.807) is 27.6 Å². The fraction of sp³-hybridized carbons (Fsp3) is 0.605. The van der Waals surface area contributed by atoms with Crippen molar-refractivity contribution in [1.29, 1.82) is 0 Å². The van der Waals surface area contributed by atoms with Crippen molar-refractivity contribution < 1.29 is 0 Å². The molecule has 0 saturated carbocycles. The third-order valence-corrected chi connectivity index (χ3v) is 16.7. The molecule has 2 aromatic rings. The van der Waals surface area contributed by atoms with E-state index < -0.39 is 7.55 Å². The van der Waals surface area contributed by atoms with Crippen LogP contribution in [0.5, 0.6) is 0 Å². The first-order valence-electron chi connectivity index (χ1n) is 18.2. The molecule has 47 heavy (non-hydrogen) atoms. The second-order valence-electron chi connectivity index (χ2n) is 17.9. The number of hydrogen-bond donors (Lipinski definition) is 0. The molecule has 0 nitrogen and oxygen atoms in total. The first-order chi connectivity index (χ1) is 21.5. The smallest absolute Gasteiger partial charge is 0.00444 e. The number of benzene rings is 2. The van der Waals surface area contributed by atoms with Gasteiger partial charge in [-0.15, -0.1) is 27.1 Å². The fourth-order valence-electron chi connectivity index (χ4n) is 7.87. The van der Waals surface area contributed by atoms with Crippen LogP contribution in [0.15, 0.2) is 53.4 Å². The van der Waals surface area contributed by atoms with Crippen LogP contribution in [0, 0.1) is 12.3 Å². The van der Waals surface area contributed by atoms with Crippen molar-refractivity contribution in [2.24, 2.45) is 5.41 Å². The quantitative estimate of drug-likeness (QED) is 0.204. The van der Waals surface area contributed by atoms with Crippen LogP contribution >= 0.6 is 34.6 Å². The highest BCUT2D eigenvalue weighted by Crippen LogP contribution is 2.56. The van der Waals surface area contributed by atoms with Crippen molar-refractivity contribution in [3.63, 3.8) is 0 Å². The van der Waals surface area contributed by atoms with Crippen molar-refractivity contribution in [3.05, 3.63) is 86.7 Å². The van der Waals surface area contributed by atoms with Crippen LogP contribution in [0.3, 0.4) is 0 Å². The lowest BCUT2D eigenvalue weighted by Crippen LogP contribution is -2.26. The van der Waals surface area contributed by atoms with Gasteiger partial charge in [-0.1, -0.05) is 140 Å². The molecule has 0 bridgehead atoms. The molecule has 3 rings (SSSR count). The van der Waals surface area contributed by atoms with Gasteiger partial charge < -0.3 is 0 Å². The van der Waals surface area contributed by atoms with Crippen LogP contribution in [0.1, 0.15) is 150 Å². The molecule has 1 aliphatic rings. The summed E-state index contributed by atoms with van der Waals surface area (Å²) in [6.45, 7) is 36.6. The normalized spacial score (nSPS) is 17.3. The second kappa shape index (κ2) is 15.4. The van der Waals surface area contributed by atoms with E-state index >= 15 is 0 Å². The van der Waals surface area contributed by atoms with Crippen molar-refractivity contribution in [3.8, 4) is 0 Å². The number of hydrogen-bond acceptors (Lipinski definition) is 0. The summed E-state index contributed by atoms with van der Waals surface area (Å²) in [5, 5.41) is 2.25. The van der Waals surface area contributed by atoms with E-state index in [1.165, 1.54) is 53.2 Å². The molecule has 0 N–H and O–H groups in total. The summed E-state index contributed by atoms with van der Waals surface area (Å²) in [6.07, 6.45) is 7.04. The average Bonchev–Trinajstić information content (AvgIpc) is 2.94. The monoisotopic (exact) mass is 710 g/mol. The van der Waals surface area contributed by atoms with Gasteiger partial charge in [0, 0.05) is 5.16 Å². The van der Waals surface area contributed by atoms with Gasteiger partial charge in [-0.3, -0.25) is 0 Å². The predicted octanol–water partition coefficient (Wildman–Crippen LogP) is 13.6. The topological polar surface area (TPSA) is 0 Å². The lowest BCUT2D eigenvalue weighted by molar-refractivity contribution is 0.508. The minimum Gasteiger partial charge on any atom is -0.133 e. The second-order valence-corrected chi connectivity index (χ2v) is 25.0. The Morgan fingerprint density at radius 1 is 0.787 bits per heavy atom. The molecule has 0 saturated heterocycles. The first kappa shape index (κ1) is 40.9. The van der Waals surface area contributed by atoms with E-state index in [4.69, 9.17) is 0 Å². The molecule has 0 aliphatic carbocycles. The lowest BCUT2D eigenvalue weighted by atomic mass is 9.73. The van der Waals surface area contributed by atoms with E-state index in [2.05, 4.69) is 165 Å². The zero-order valence-electron chi connectivity index (χ0n) is 32.9. The largest absolute Gasteiger partial charge is 0.133 e. The van der Waals surface area contributed by atoms with Gasteiger partial charge in [0.05, 0.1) is 0 Å². The average molecular weight is 711 g/mol. The van der Waals surface area contributed by atoms with Gasteiger partial charge in [-0.25, -0.2) is 0 Å². The Balaban J connectivity index is 2.41. The van der Waals surface area contributed by atoms with Crippen molar-refractivity contribution in [2.75, 3.05) is 6.16 Å². The van der Waals surface area contributed by atoms with Crippen LogP contribution in [0.2, 0.25) is 0 Å². The molecule has 0 radical (unpaired) electrons. The van der Waals surface area contributed by atoms with Crippen LogP contribution in [-0.4, -0.2) is 21.8 Å². The Hall–Kier alpha value is -0.490. The van der Waals surface area contributed by atoms with Gasteiger partial charge >= 0.3 is 0 Å². The maximum atomic E-state index is 3.19. The summed E-state index contributed by atoms with van der Waals surface area (Å²) in [4.78, 5) is 0. The van der Waals surface area contributed by atoms with E-state index in [-0.39, 0.29) is 21.1 Å². The third kappa shape index (κ3) is 9.44. The molecule has 1 aliphatic heterocycles. The van der Waals surface area contributed by atoms with Crippen LogP contribution in [0.25, 0.3) is 5.57 Å². The standard InChI is InChI=1S/C43H70P4/c1-16-43(17-2,26-31-21-19-18-20-22-31)46-24-23-32-36(40(8,9)10)28-47(41(11,12)13)30(4)38(32)37-29(3)34(39(5,6)7)25-35(33(37)27-44)42(14,15)45/h18-22,25,28,46-47H,16-17,23-24,26-27,44-45H2,1-15H3. The van der Waals surface area contributed by atoms with Gasteiger partial charge in [-0.05, 0) is 128 Å². The summed E-state index contributed by atoms with van der Waals surface area (Å²) in [7, 11) is 6.31. The van der Waals surface area contributed by atoms with Crippen LogP contribution in [0.4, 0.5) is 0 Å². The van der Waals surface area contributed by atoms with Gasteiger partial charge in [0.15, 0.2) is 0 Å². The van der Waals surface area contributed by atoms with E-state index in [0.29, 0.717) is 5.16 Å². The predicted molar refractivity (Wildman–Crippen MR) is 230 cm³/mol. The van der Waals surface area contributed by atoms with E-state index in [1.807, 2.05) is 0 Å². The zero-order valence-corrected chi connectivity index (χ0v) is 37.2. The number of rotatable bonds is 11. The molecule has 4 unspecified atom stereocenters. The Bertz CT molecular complexity index is 1500. The maximum Gasteiger partial charge on any atom is 0.00444 e. The highest BCUT2D eigenvalue weighted by molar-refractivity contribution is 7.64. The van der Waals surface area contributed by atoms with Gasteiger partial charge in [-0.2, -0.15) is 0 Å². The molecule has 0 aromatic heterocycles. The maximum absolute atomic E-state index is 3.19. The summed E-state index contributed by atoms with van der Waals surface area (Å²) < 4.78 is 0. The molecule has 0 amide bonds. The van der Waals surface area contributed by atoms with Gasteiger partial charge in [0.1, 0.15) is 0 Å². The number of allylic oxidation sites excluding steroid dienone is 3. The van der Waals surface area contributed by atoms with Gasteiger partial charge in [0.25, 0.3) is 0 Å². The molecule has 1 heterocycles. The Morgan fingerprint density at radius 3 is 1.81 bits per heavy atom. The molecular formula is C43H70P4. The molecule has 0 fully saturated rings. The SMILES string of the molecule is CCC(CC)(Cc1ccccc1)PCCC1=C(c2c(C)c(C(C)(C)C)cc(C(C)(C)P)c2CP)C(C)=[PH](C(C)(C)C)C=C1C(C)(C)C. The highest BCUT2D eigenvalue weighted by Gasteiger charge is 2.36. The Labute approximate surface area is 299 Å². The fourth-order valence-corrected chi connectivity index (χ4v) is 13.5. The first-order valence-corrected chi connectivity index (χ1v) is 22.3. The minimum absolute atomic E-state index is 0.0150. The summed E-state index contributed by atoms with van der Waals surface area (Å²) in [5.74, 6) is 2.79. The van der Waals surface area contributed by atoms with Crippen molar-refractivity contribution in [1.82, 2.24) is 0 Å². The third-order valence-electron chi connectivity index (χ3n) is 10.6. The van der Waals surface area contributed by atoms with E-state index in [9.17, 15) is 0 Å². The Kier molecular flexibility index (Phi) is 13.4. The zero-order chi connectivity index (χ0) is 35.8. The van der Waals surface area contributed by atoms with Gasteiger partial charge in [0.2, 0.25) is 0 Å². The molecule has 0 spiro atoms. The van der Waals surface area contributed by atoms with Crippen LogP contribution < -0.4 is 0 Å². The van der Waals surface area contributed by atoms with Crippen molar-refractivity contribution in [2.45, 2.75) is 157 Å². The Morgan fingerprint density at radius 2 is 1.36 bits per heavy atom. The molecule has 4 atom stereocenters. The molecule has 262 valence electrons. The molecule has 4 heteroatoms. The molecule has 2 aromatic carbocycles. The molecular weight excluding hydrogens is 640 g/mol. The highest BCUT2D eigenvalue weighted by atomic mass is 31.1. The van der Waals surface area contributed by atoms with E-state index in [0.717, 1.165) is 21.2 Å². The summed E-state index contributed by atoms with van der Waals surface area (Å²) in [5.41, 5.74) is 14.1. The lowest BCUT2D eigenvalue weighted by Gasteiger charge is -2.40.